The summed E-state index contributed by atoms with van der Waals surface area (Å²) in [7, 11) is 6.91. The maximum atomic E-state index is 11.8. The molecule has 12 heteroatoms. The normalized spacial score (nSPS) is 27.4. The van der Waals surface area contributed by atoms with Crippen molar-refractivity contribution in [1.82, 2.24) is 21.3 Å². The molecule has 0 aromatic carbocycles. The zero-order valence-corrected chi connectivity index (χ0v) is 26.4. The Kier molecular flexibility index (Phi) is 21.3. The van der Waals surface area contributed by atoms with Gasteiger partial charge in [0.05, 0.1) is 32.8 Å². The van der Waals surface area contributed by atoms with E-state index in [2.05, 4.69) is 21.3 Å². The molecule has 36 heavy (non-hydrogen) atoms. The third-order valence-corrected chi connectivity index (χ3v) is 5.72. The Bertz CT molecular complexity index is 611. The average molecular weight is 744 g/mol. The predicted molar refractivity (Wildman–Crippen MR) is 133 cm³/mol. The minimum atomic E-state index is -0.747. The minimum Gasteiger partial charge on any atom is -0.544 e. The first-order chi connectivity index (χ1) is 17.4. The van der Waals surface area contributed by atoms with Gasteiger partial charge in [0.15, 0.2) is 0 Å². The number of amides is 2. The number of methoxy groups -OCH3 is 2. The summed E-state index contributed by atoms with van der Waals surface area (Å²) in [6.07, 6.45) is 4.00. The molecule has 2 saturated heterocycles. The van der Waals surface area contributed by atoms with Crippen LogP contribution in [0.1, 0.15) is 46.3 Å². The van der Waals surface area contributed by atoms with Crippen molar-refractivity contribution in [3.05, 3.63) is 6.61 Å². The second-order valence-corrected chi connectivity index (χ2v) is 8.68. The van der Waals surface area contributed by atoms with Gasteiger partial charge >= 0.3 is 0 Å². The molecule has 0 aliphatic carbocycles. The first kappa shape index (κ1) is 33.7. The van der Waals surface area contributed by atoms with Gasteiger partial charge in [0.1, 0.15) is 6.10 Å². The number of hydrogen-bond acceptors (Lipinski definition) is 9. The van der Waals surface area contributed by atoms with Gasteiger partial charge in [0, 0.05) is 64.8 Å². The van der Waals surface area contributed by atoms with Crippen LogP contribution in [0.4, 0.5) is 0 Å². The van der Waals surface area contributed by atoms with Gasteiger partial charge in [-0.2, -0.15) is 6.61 Å². The van der Waals surface area contributed by atoms with E-state index in [-0.39, 0.29) is 55.1 Å². The topological polar surface area (TPSA) is 139 Å². The number of carbonyl (C=O) groups is 2. The van der Waals surface area contributed by atoms with Gasteiger partial charge < -0.3 is 45.3 Å². The zero-order chi connectivity index (χ0) is 26.8. The van der Waals surface area contributed by atoms with E-state index >= 15 is 0 Å². The predicted octanol–water partition coefficient (Wildman–Crippen LogP) is -0.275. The largest absolute Gasteiger partial charge is 0.544 e. The molecule has 0 spiro atoms. The van der Waals surface area contributed by atoms with Crippen LogP contribution in [0.5, 0.6) is 0 Å². The number of carbonyl (C=O) groups excluding carboxylic acids is 2. The Hall–Kier alpha value is -0.288. The second kappa shape index (κ2) is 22.7. The third-order valence-electron chi connectivity index (χ3n) is 5.72. The van der Waals surface area contributed by atoms with E-state index < -0.39 is 24.8 Å². The van der Waals surface area contributed by atoms with Gasteiger partial charge in [-0.3, -0.25) is 9.59 Å². The molecule has 0 radical (unpaired) electrons. The van der Waals surface area contributed by atoms with Crippen LogP contribution in [0, 0.1) is 37.7 Å². The van der Waals surface area contributed by atoms with E-state index in [1.54, 1.807) is 14.2 Å². The van der Waals surface area contributed by atoms with Crippen molar-refractivity contribution >= 4 is 11.8 Å². The smallest absolute Gasteiger partial charge is 0.220 e. The summed E-state index contributed by atoms with van der Waals surface area (Å²) in [6, 6.07) is -0.538. The summed E-state index contributed by atoms with van der Waals surface area (Å²) < 4.78 is 28.2. The van der Waals surface area contributed by atoms with E-state index in [9.17, 15) is 14.7 Å². The van der Waals surface area contributed by atoms with E-state index in [0.29, 0.717) is 32.5 Å². The molecule has 5 N–H and O–H groups in total. The minimum absolute atomic E-state index is 0. The van der Waals surface area contributed by atoms with Gasteiger partial charge in [0.2, 0.25) is 11.8 Å². The number of unbranched alkanes of at least 4 members (excludes halogenated alkanes) is 2. The fourth-order valence-corrected chi connectivity index (χ4v) is 3.73. The molecule has 0 aromatic rings. The van der Waals surface area contributed by atoms with Crippen LogP contribution < -0.4 is 21.3 Å². The number of aliphatic hydroxyl groups excluding tert-OH is 1. The van der Waals surface area contributed by atoms with E-state index in [0.717, 1.165) is 38.8 Å². The fourth-order valence-electron chi connectivity index (χ4n) is 3.73. The summed E-state index contributed by atoms with van der Waals surface area (Å²) in [5, 5.41) is 21.6. The Morgan fingerprint density at radius 1 is 0.972 bits per heavy atom. The second-order valence-electron chi connectivity index (χ2n) is 8.68. The van der Waals surface area contributed by atoms with E-state index in [1.807, 2.05) is 14.1 Å². The first-order valence-electron chi connectivity index (χ1n) is 13.0. The maximum Gasteiger partial charge on any atom is 0.220 e. The van der Waals surface area contributed by atoms with E-state index in [1.165, 1.54) is 6.61 Å². The molecule has 6 unspecified atom stereocenters. The SMILES string of the molecule is CNCCCC(=O)NC1[CH-]OC(COC)C1O.[3H]C1CC(NC(=O)CCCCCNC)C(COC)O1.[U]. The first-order valence-corrected chi connectivity index (χ1v) is 12.5. The monoisotopic (exact) mass is 743 g/mol. The number of aliphatic hydroxyl groups is 1. The van der Waals surface area contributed by atoms with Crippen LogP contribution in [-0.4, -0.2) is 109 Å². The molecule has 0 bridgehead atoms. The molecular weight excluding hydrogens is 694 g/mol. The number of ether oxygens (including phenoxy) is 4. The van der Waals surface area contributed by atoms with Crippen molar-refractivity contribution in [3.8, 4) is 0 Å². The van der Waals surface area contributed by atoms with Crippen LogP contribution in [0.15, 0.2) is 0 Å². The van der Waals surface area contributed by atoms with Gasteiger partial charge in [-0.25, -0.2) is 0 Å². The number of nitrogens with one attached hydrogen (secondary N) is 4. The molecule has 0 saturated carbocycles. The molecule has 2 rings (SSSR count). The standard InChI is InChI=1S/C13H26N2O3.C11H21N2O4.U/c1-14-8-5-3-4-6-13(16)15-11-7-9-18-12(11)10-17-2;1-12-5-3-4-10(14)13-8-6-17-9(7-16-2)11(8)15;/h11-12,14H,3-10H2,1-2H3,(H,15,16);6,8-9,11-12,15H,3-5,7H2,1-2H3,(H,13,14);/q;-1;/i9T;;. The zero-order valence-electron chi connectivity index (χ0n) is 23.2. The summed E-state index contributed by atoms with van der Waals surface area (Å²) in [4.78, 5) is 23.3. The van der Waals surface area contributed by atoms with Crippen LogP contribution in [0.25, 0.3) is 0 Å². The molecule has 210 valence electrons. The van der Waals surface area contributed by atoms with Crippen LogP contribution in [-0.2, 0) is 28.5 Å². The van der Waals surface area contributed by atoms with Crippen molar-refractivity contribution in [2.75, 3.05) is 61.2 Å². The molecule has 6 atom stereocenters. The summed E-state index contributed by atoms with van der Waals surface area (Å²) >= 11 is 0. The van der Waals surface area contributed by atoms with Crippen molar-refractivity contribution in [1.29, 1.82) is 0 Å². The van der Waals surface area contributed by atoms with Gasteiger partial charge in [0.25, 0.3) is 0 Å². The number of rotatable bonds is 16. The molecule has 11 nitrogen and oxygen atoms in total. The maximum absolute atomic E-state index is 11.8. The molecule has 0 aromatic heterocycles. The molecule has 2 aliphatic heterocycles. The molecule has 2 fully saturated rings. The third kappa shape index (κ3) is 15.2. The van der Waals surface area contributed by atoms with Gasteiger partial charge in [-0.05, 0) is 58.9 Å². The van der Waals surface area contributed by atoms with Crippen molar-refractivity contribution in [3.63, 3.8) is 0 Å². The summed E-state index contributed by atoms with van der Waals surface area (Å²) in [5.74, 6) is -0.0320. The Morgan fingerprint density at radius 3 is 2.25 bits per heavy atom. The van der Waals surface area contributed by atoms with Crippen LogP contribution in [0.2, 0.25) is 0 Å². The molecular formula is C24H47N4O7U-. The van der Waals surface area contributed by atoms with Crippen molar-refractivity contribution in [2.24, 2.45) is 0 Å². The Labute approximate surface area is 241 Å². The van der Waals surface area contributed by atoms with E-state index in [4.69, 9.17) is 20.3 Å². The average Bonchev–Trinajstić information content (AvgIpc) is 3.36. The van der Waals surface area contributed by atoms with Crippen LogP contribution in [0.3, 0.4) is 0 Å². The molecule has 2 heterocycles. The molecule has 2 amide bonds. The Balaban J connectivity index is 0.000000686. The molecule has 2 aliphatic rings. The summed E-state index contributed by atoms with van der Waals surface area (Å²) in [5.41, 5.74) is 0. The van der Waals surface area contributed by atoms with Gasteiger partial charge in [-0.15, -0.1) is 0 Å². The van der Waals surface area contributed by atoms with Crippen molar-refractivity contribution < 1.29 is 66.1 Å². The summed E-state index contributed by atoms with van der Waals surface area (Å²) in [6.45, 7) is 3.43. The van der Waals surface area contributed by atoms with Crippen molar-refractivity contribution in [2.45, 2.75) is 75.3 Å². The van der Waals surface area contributed by atoms with Gasteiger partial charge in [-0.1, -0.05) is 6.42 Å². The Morgan fingerprint density at radius 2 is 1.58 bits per heavy atom. The number of hydrogen-bond donors (Lipinski definition) is 5. The quantitative estimate of drug-likeness (QED) is 0.107. The van der Waals surface area contributed by atoms with Crippen LogP contribution >= 0.6 is 0 Å². The fraction of sp³-hybridized carbons (Fsp3) is 0.875.